The van der Waals surface area contributed by atoms with Crippen molar-refractivity contribution < 1.29 is 0 Å². The number of nitrogens with one attached hydrogen (secondary N) is 1. The fourth-order valence-corrected chi connectivity index (χ4v) is 3.04. The van der Waals surface area contributed by atoms with Crippen molar-refractivity contribution in [2.45, 2.75) is 56.1 Å². The molecule has 2 atom stereocenters. The molecule has 0 saturated heterocycles. The van der Waals surface area contributed by atoms with Crippen LogP contribution < -0.4 is 11.1 Å². The van der Waals surface area contributed by atoms with Gasteiger partial charge in [-0.25, -0.2) is 0 Å². The standard InChI is InChI=1S/C15H22N2/c16-12-6-8-13(9-7-12)17-15-10-14(15)11-4-2-1-3-5-11/h1-5,12-15,17H,6-10,16H2/t12?,13?,14-,15-/m0/s1. The van der Waals surface area contributed by atoms with Crippen molar-refractivity contribution in [3.63, 3.8) is 0 Å². The first kappa shape index (κ1) is 11.2. The van der Waals surface area contributed by atoms with E-state index < -0.39 is 0 Å². The Labute approximate surface area is 104 Å². The Bertz CT molecular complexity index is 354. The minimum atomic E-state index is 0.456. The van der Waals surface area contributed by atoms with Crippen LogP contribution in [0.1, 0.15) is 43.6 Å². The minimum Gasteiger partial charge on any atom is -0.328 e. The van der Waals surface area contributed by atoms with Gasteiger partial charge in [-0.05, 0) is 37.7 Å². The van der Waals surface area contributed by atoms with Crippen LogP contribution in [0.2, 0.25) is 0 Å². The zero-order chi connectivity index (χ0) is 11.7. The summed E-state index contributed by atoms with van der Waals surface area (Å²) in [5, 5.41) is 3.81. The van der Waals surface area contributed by atoms with Crippen LogP contribution in [0.15, 0.2) is 30.3 Å². The normalized spacial score (nSPS) is 36.8. The molecule has 0 spiro atoms. The van der Waals surface area contributed by atoms with Gasteiger partial charge in [0.1, 0.15) is 0 Å². The SMILES string of the molecule is NC1CCC(N[C@H]2C[C@H]2c2ccccc2)CC1. The predicted molar refractivity (Wildman–Crippen MR) is 71.0 cm³/mol. The highest BCUT2D eigenvalue weighted by molar-refractivity contribution is 5.27. The Balaban J connectivity index is 1.49. The summed E-state index contributed by atoms with van der Waals surface area (Å²) < 4.78 is 0. The van der Waals surface area contributed by atoms with E-state index in [0.29, 0.717) is 12.1 Å². The third kappa shape index (κ3) is 2.70. The molecule has 2 nitrogen and oxygen atoms in total. The quantitative estimate of drug-likeness (QED) is 0.837. The molecule has 0 unspecified atom stereocenters. The second-order valence-corrected chi connectivity index (χ2v) is 5.64. The van der Waals surface area contributed by atoms with Crippen LogP contribution in [-0.4, -0.2) is 18.1 Å². The average Bonchev–Trinajstić information content (AvgIpc) is 3.13. The molecule has 0 bridgehead atoms. The van der Waals surface area contributed by atoms with Gasteiger partial charge in [0.15, 0.2) is 0 Å². The molecular weight excluding hydrogens is 208 g/mol. The van der Waals surface area contributed by atoms with E-state index >= 15 is 0 Å². The summed E-state index contributed by atoms with van der Waals surface area (Å²) in [6.07, 6.45) is 6.23. The number of rotatable bonds is 3. The molecule has 2 heteroatoms. The lowest BCUT2D eigenvalue weighted by atomic mass is 9.92. The zero-order valence-corrected chi connectivity index (χ0v) is 10.3. The Hall–Kier alpha value is -0.860. The summed E-state index contributed by atoms with van der Waals surface area (Å²) in [5.74, 6) is 0.756. The van der Waals surface area contributed by atoms with Crippen molar-refractivity contribution in [1.29, 1.82) is 0 Å². The molecule has 92 valence electrons. The summed E-state index contributed by atoms with van der Waals surface area (Å²) in [4.78, 5) is 0. The topological polar surface area (TPSA) is 38.0 Å². The molecule has 0 heterocycles. The maximum atomic E-state index is 5.93. The van der Waals surface area contributed by atoms with Crippen LogP contribution in [-0.2, 0) is 0 Å². The predicted octanol–water partition coefficient (Wildman–Crippen LogP) is 2.40. The molecule has 17 heavy (non-hydrogen) atoms. The lowest BCUT2D eigenvalue weighted by Crippen LogP contribution is -2.38. The minimum absolute atomic E-state index is 0.456. The summed E-state index contributed by atoms with van der Waals surface area (Å²) in [6.45, 7) is 0. The van der Waals surface area contributed by atoms with E-state index in [4.69, 9.17) is 5.73 Å². The summed E-state index contributed by atoms with van der Waals surface area (Å²) in [7, 11) is 0. The second kappa shape index (κ2) is 4.79. The lowest BCUT2D eigenvalue weighted by molar-refractivity contribution is 0.339. The smallest absolute Gasteiger partial charge is 0.0145 e. The molecule has 0 amide bonds. The van der Waals surface area contributed by atoms with Gasteiger partial charge in [-0.2, -0.15) is 0 Å². The van der Waals surface area contributed by atoms with E-state index in [1.54, 1.807) is 0 Å². The molecule has 2 aliphatic rings. The highest BCUT2D eigenvalue weighted by atomic mass is 15.0. The fraction of sp³-hybridized carbons (Fsp3) is 0.600. The van der Waals surface area contributed by atoms with Crippen LogP contribution in [0.5, 0.6) is 0 Å². The van der Waals surface area contributed by atoms with E-state index in [9.17, 15) is 0 Å². The van der Waals surface area contributed by atoms with Crippen molar-refractivity contribution in [3.8, 4) is 0 Å². The summed E-state index contributed by atoms with van der Waals surface area (Å²) in [6, 6.07) is 12.8. The van der Waals surface area contributed by atoms with Crippen molar-refractivity contribution in [2.24, 2.45) is 5.73 Å². The van der Waals surface area contributed by atoms with Crippen LogP contribution >= 0.6 is 0 Å². The Morgan fingerprint density at radius 2 is 1.71 bits per heavy atom. The van der Waals surface area contributed by atoms with Crippen molar-refractivity contribution in [3.05, 3.63) is 35.9 Å². The lowest BCUT2D eigenvalue weighted by Gasteiger charge is -2.27. The summed E-state index contributed by atoms with van der Waals surface area (Å²) >= 11 is 0. The molecule has 2 fully saturated rings. The highest BCUT2D eigenvalue weighted by Gasteiger charge is 2.39. The van der Waals surface area contributed by atoms with E-state index in [1.165, 1.54) is 37.7 Å². The average molecular weight is 230 g/mol. The Morgan fingerprint density at radius 3 is 2.41 bits per heavy atom. The maximum absolute atomic E-state index is 5.93. The van der Waals surface area contributed by atoms with Gasteiger partial charge in [-0.3, -0.25) is 0 Å². The largest absolute Gasteiger partial charge is 0.328 e. The molecule has 3 rings (SSSR count). The first-order valence-corrected chi connectivity index (χ1v) is 6.89. The number of benzene rings is 1. The number of nitrogens with two attached hydrogens (primary N) is 1. The number of hydrogen-bond donors (Lipinski definition) is 2. The van der Waals surface area contributed by atoms with E-state index in [-0.39, 0.29) is 0 Å². The molecular formula is C15H22N2. The van der Waals surface area contributed by atoms with Crippen LogP contribution in [0, 0.1) is 0 Å². The van der Waals surface area contributed by atoms with E-state index in [0.717, 1.165) is 12.0 Å². The van der Waals surface area contributed by atoms with Crippen molar-refractivity contribution in [1.82, 2.24) is 5.32 Å². The Kier molecular flexibility index (Phi) is 3.17. The van der Waals surface area contributed by atoms with Crippen LogP contribution in [0.4, 0.5) is 0 Å². The molecule has 2 aliphatic carbocycles. The monoisotopic (exact) mass is 230 g/mol. The molecule has 2 saturated carbocycles. The fourth-order valence-electron chi connectivity index (χ4n) is 3.04. The van der Waals surface area contributed by atoms with Gasteiger partial charge < -0.3 is 11.1 Å². The first-order valence-electron chi connectivity index (χ1n) is 6.89. The van der Waals surface area contributed by atoms with E-state index in [1.807, 2.05) is 0 Å². The second-order valence-electron chi connectivity index (χ2n) is 5.64. The van der Waals surface area contributed by atoms with Gasteiger partial charge in [-0.15, -0.1) is 0 Å². The third-order valence-electron chi connectivity index (χ3n) is 4.24. The van der Waals surface area contributed by atoms with Gasteiger partial charge in [-0.1, -0.05) is 30.3 Å². The van der Waals surface area contributed by atoms with Crippen LogP contribution in [0.3, 0.4) is 0 Å². The third-order valence-corrected chi connectivity index (χ3v) is 4.24. The molecule has 3 N–H and O–H groups in total. The first-order chi connectivity index (χ1) is 8.33. The Morgan fingerprint density at radius 1 is 1.00 bits per heavy atom. The molecule has 0 aliphatic heterocycles. The van der Waals surface area contributed by atoms with Crippen molar-refractivity contribution >= 4 is 0 Å². The summed E-state index contributed by atoms with van der Waals surface area (Å²) in [5.41, 5.74) is 7.43. The molecule has 0 radical (unpaired) electrons. The molecule has 1 aromatic rings. The van der Waals surface area contributed by atoms with Gasteiger partial charge in [0.05, 0.1) is 0 Å². The van der Waals surface area contributed by atoms with Gasteiger partial charge >= 0.3 is 0 Å². The van der Waals surface area contributed by atoms with Gasteiger partial charge in [0, 0.05) is 24.0 Å². The van der Waals surface area contributed by atoms with Crippen molar-refractivity contribution in [2.75, 3.05) is 0 Å². The van der Waals surface area contributed by atoms with Gasteiger partial charge in [0.25, 0.3) is 0 Å². The van der Waals surface area contributed by atoms with Crippen LogP contribution in [0.25, 0.3) is 0 Å². The maximum Gasteiger partial charge on any atom is 0.0145 e. The molecule has 1 aromatic carbocycles. The molecule has 0 aromatic heterocycles. The zero-order valence-electron chi connectivity index (χ0n) is 10.3. The number of hydrogen-bond acceptors (Lipinski definition) is 2. The highest BCUT2D eigenvalue weighted by Crippen LogP contribution is 2.41. The van der Waals surface area contributed by atoms with Gasteiger partial charge in [0.2, 0.25) is 0 Å². The van der Waals surface area contributed by atoms with E-state index in [2.05, 4.69) is 35.6 Å².